The highest BCUT2D eigenvalue weighted by Crippen LogP contribution is 2.05. The lowest BCUT2D eigenvalue weighted by Crippen LogP contribution is -2.51. The quantitative estimate of drug-likeness (QED) is 0.322. The Morgan fingerprint density at radius 3 is 2.24 bits per heavy atom. The lowest BCUT2D eigenvalue weighted by atomic mass is 10.0. The summed E-state index contributed by atoms with van der Waals surface area (Å²) in [4.78, 5) is 11.6. The Morgan fingerprint density at radius 1 is 1.05 bits per heavy atom. The number of aliphatic hydroxyl groups excluding tert-OH is 5. The lowest BCUT2D eigenvalue weighted by Gasteiger charge is -2.24. The van der Waals surface area contributed by atoms with Crippen LogP contribution in [0.3, 0.4) is 0 Å². The van der Waals surface area contributed by atoms with Gasteiger partial charge in [0.15, 0.2) is 6.10 Å². The second-order valence-corrected chi connectivity index (χ2v) is 4.70. The number of carbonyl (C=O) groups excluding carboxylic acids is 1. The Balaban J connectivity index is 2.40. The molecule has 0 unspecified atom stereocenters. The van der Waals surface area contributed by atoms with Crippen LogP contribution < -0.4 is 5.32 Å². The van der Waals surface area contributed by atoms with Crippen molar-refractivity contribution in [2.24, 2.45) is 0 Å². The van der Waals surface area contributed by atoms with Gasteiger partial charge in [0, 0.05) is 6.54 Å². The average molecular weight is 299 g/mol. The van der Waals surface area contributed by atoms with Gasteiger partial charge in [0.05, 0.1) is 6.61 Å². The van der Waals surface area contributed by atoms with Crippen molar-refractivity contribution >= 4 is 5.91 Å². The maximum atomic E-state index is 11.6. The molecule has 0 aromatic heterocycles. The number of nitrogens with one attached hydrogen (secondary N) is 1. The molecule has 0 aliphatic carbocycles. The summed E-state index contributed by atoms with van der Waals surface area (Å²) < 4.78 is 0. The fourth-order valence-electron chi connectivity index (χ4n) is 1.76. The largest absolute Gasteiger partial charge is 0.394 e. The topological polar surface area (TPSA) is 130 Å². The summed E-state index contributed by atoms with van der Waals surface area (Å²) in [5, 5.41) is 48.7. The Hall–Kier alpha value is -1.51. The highest BCUT2D eigenvalue weighted by Gasteiger charge is 2.33. The van der Waals surface area contributed by atoms with Gasteiger partial charge >= 0.3 is 0 Å². The van der Waals surface area contributed by atoms with Crippen LogP contribution >= 0.6 is 0 Å². The number of rotatable bonds is 8. The first-order valence-electron chi connectivity index (χ1n) is 6.62. The first kappa shape index (κ1) is 17.5. The number of amides is 1. The van der Waals surface area contributed by atoms with Gasteiger partial charge in [0.25, 0.3) is 5.91 Å². The van der Waals surface area contributed by atoms with E-state index >= 15 is 0 Å². The highest BCUT2D eigenvalue weighted by molar-refractivity contribution is 5.81. The van der Waals surface area contributed by atoms with Gasteiger partial charge in [-0.15, -0.1) is 0 Å². The van der Waals surface area contributed by atoms with E-state index in [1.165, 1.54) is 0 Å². The van der Waals surface area contributed by atoms with Crippen molar-refractivity contribution in [3.63, 3.8) is 0 Å². The summed E-state index contributed by atoms with van der Waals surface area (Å²) in [7, 11) is 0. The summed E-state index contributed by atoms with van der Waals surface area (Å²) in [6, 6.07) is 9.37. The lowest BCUT2D eigenvalue weighted by molar-refractivity contribution is -0.148. The number of carbonyl (C=O) groups is 1. The third-order valence-electron chi connectivity index (χ3n) is 3.08. The van der Waals surface area contributed by atoms with Gasteiger partial charge in [-0.25, -0.2) is 0 Å². The second kappa shape index (κ2) is 8.71. The van der Waals surface area contributed by atoms with Gasteiger partial charge in [-0.3, -0.25) is 4.79 Å². The number of hydrogen-bond donors (Lipinski definition) is 6. The average Bonchev–Trinajstić information content (AvgIpc) is 2.52. The number of benzene rings is 1. The molecule has 21 heavy (non-hydrogen) atoms. The molecule has 4 atom stereocenters. The predicted octanol–water partition coefficient (Wildman–Crippen LogP) is -2.22. The molecule has 1 rings (SSSR count). The van der Waals surface area contributed by atoms with Crippen LogP contribution in [0.1, 0.15) is 5.56 Å². The van der Waals surface area contributed by atoms with Gasteiger partial charge in [-0.2, -0.15) is 0 Å². The van der Waals surface area contributed by atoms with Crippen molar-refractivity contribution in [2.75, 3.05) is 13.2 Å². The minimum absolute atomic E-state index is 0.255. The third kappa shape index (κ3) is 5.41. The zero-order valence-corrected chi connectivity index (χ0v) is 11.5. The van der Waals surface area contributed by atoms with E-state index in [1.807, 2.05) is 30.3 Å². The van der Waals surface area contributed by atoms with Crippen molar-refractivity contribution < 1.29 is 30.3 Å². The van der Waals surface area contributed by atoms with Crippen LogP contribution in [0.2, 0.25) is 0 Å². The van der Waals surface area contributed by atoms with E-state index in [2.05, 4.69) is 5.32 Å². The van der Waals surface area contributed by atoms with Crippen molar-refractivity contribution in [1.29, 1.82) is 0 Å². The molecular formula is C14H21NO6. The summed E-state index contributed by atoms with van der Waals surface area (Å²) >= 11 is 0. The molecule has 0 spiro atoms. The van der Waals surface area contributed by atoms with Gasteiger partial charge in [-0.05, 0) is 12.0 Å². The monoisotopic (exact) mass is 299 g/mol. The van der Waals surface area contributed by atoms with E-state index in [4.69, 9.17) is 10.2 Å². The Labute approximate surface area is 122 Å². The van der Waals surface area contributed by atoms with E-state index in [0.29, 0.717) is 6.42 Å². The normalized spacial score (nSPS) is 16.8. The van der Waals surface area contributed by atoms with Crippen LogP contribution in [0.5, 0.6) is 0 Å². The van der Waals surface area contributed by atoms with Crippen molar-refractivity contribution in [3.8, 4) is 0 Å². The van der Waals surface area contributed by atoms with Crippen molar-refractivity contribution in [3.05, 3.63) is 35.9 Å². The molecule has 6 N–H and O–H groups in total. The van der Waals surface area contributed by atoms with Gasteiger partial charge in [0.1, 0.15) is 18.3 Å². The fraction of sp³-hybridized carbons (Fsp3) is 0.500. The van der Waals surface area contributed by atoms with E-state index in [0.717, 1.165) is 5.56 Å². The Bertz CT molecular complexity index is 427. The van der Waals surface area contributed by atoms with E-state index in [-0.39, 0.29) is 6.54 Å². The fourth-order valence-corrected chi connectivity index (χ4v) is 1.76. The smallest absolute Gasteiger partial charge is 0.251 e. The molecule has 1 aromatic rings. The minimum atomic E-state index is -1.89. The van der Waals surface area contributed by atoms with E-state index in [1.54, 1.807) is 0 Å². The zero-order valence-electron chi connectivity index (χ0n) is 11.5. The van der Waals surface area contributed by atoms with Crippen LogP contribution in [0, 0.1) is 0 Å². The molecule has 0 bridgehead atoms. The van der Waals surface area contributed by atoms with Crippen LogP contribution in [-0.4, -0.2) is 69.0 Å². The summed E-state index contributed by atoms with van der Waals surface area (Å²) in [5.41, 5.74) is 1.00. The maximum Gasteiger partial charge on any atom is 0.251 e. The third-order valence-corrected chi connectivity index (χ3v) is 3.08. The second-order valence-electron chi connectivity index (χ2n) is 4.70. The van der Waals surface area contributed by atoms with Crippen molar-refractivity contribution in [1.82, 2.24) is 5.32 Å². The molecule has 7 nitrogen and oxygen atoms in total. The maximum absolute atomic E-state index is 11.6. The molecule has 0 radical (unpaired) electrons. The molecule has 118 valence electrons. The zero-order chi connectivity index (χ0) is 15.8. The van der Waals surface area contributed by atoms with Gasteiger partial charge in [-0.1, -0.05) is 30.3 Å². The summed E-state index contributed by atoms with van der Waals surface area (Å²) in [5.74, 6) is -0.859. The molecule has 0 saturated carbocycles. The summed E-state index contributed by atoms with van der Waals surface area (Å²) in [6.07, 6.45) is -6.67. The minimum Gasteiger partial charge on any atom is -0.394 e. The number of aliphatic hydroxyl groups is 5. The predicted molar refractivity (Wildman–Crippen MR) is 74.3 cm³/mol. The Kier molecular flexibility index (Phi) is 7.27. The molecule has 7 heteroatoms. The molecule has 0 aliphatic heterocycles. The molecular weight excluding hydrogens is 278 g/mol. The summed E-state index contributed by atoms with van der Waals surface area (Å²) in [6.45, 7) is -0.536. The molecule has 0 fully saturated rings. The van der Waals surface area contributed by atoms with E-state index < -0.39 is 36.9 Å². The highest BCUT2D eigenvalue weighted by atomic mass is 16.4. The first-order valence-corrected chi connectivity index (χ1v) is 6.62. The van der Waals surface area contributed by atoms with E-state index in [9.17, 15) is 20.1 Å². The molecule has 0 saturated heterocycles. The standard InChI is InChI=1S/C14H21NO6/c16-8-10(17)11(18)12(19)13(20)14(21)15-7-6-9-4-2-1-3-5-9/h1-5,10-13,16-20H,6-8H2,(H,15,21)/t10-,11-,12+,13+/m0/s1. The van der Waals surface area contributed by atoms with Crippen LogP contribution in [0.15, 0.2) is 30.3 Å². The SMILES string of the molecule is O=C(NCCc1ccccc1)[C@H](O)[C@H](O)[C@@H](O)[C@@H](O)CO. The number of hydrogen-bond acceptors (Lipinski definition) is 6. The molecule has 0 heterocycles. The van der Waals surface area contributed by atoms with Crippen LogP contribution in [-0.2, 0) is 11.2 Å². The molecule has 1 aromatic carbocycles. The molecule has 1 amide bonds. The Morgan fingerprint density at radius 2 is 1.67 bits per heavy atom. The van der Waals surface area contributed by atoms with Crippen LogP contribution in [0.4, 0.5) is 0 Å². The molecule has 0 aliphatic rings. The van der Waals surface area contributed by atoms with Gasteiger partial charge in [0.2, 0.25) is 0 Å². The first-order chi connectivity index (χ1) is 9.97. The van der Waals surface area contributed by atoms with Gasteiger partial charge < -0.3 is 30.8 Å². The van der Waals surface area contributed by atoms with Crippen molar-refractivity contribution in [2.45, 2.75) is 30.8 Å². The van der Waals surface area contributed by atoms with Crippen LogP contribution in [0.25, 0.3) is 0 Å².